The number of ether oxygens (including phenoxy) is 3. The Morgan fingerprint density at radius 2 is 1.91 bits per heavy atom. The standard InChI is InChI=1S/C26H34N2O6/c1-4-34-25(31)26-11-5-7-18-8-6-12-28(23(18)26)24(30)19(15-26)14-22(29)27-16-17-9-10-20(32-2)21(13-17)33-3/h9-10,13,19H,4-8,11-12,14-16H2,1-3H3,(H,27,29)/t19-,26-/m0/s1. The quantitative estimate of drug-likeness (QED) is 0.586. The Bertz CT molecular complexity index is 999. The van der Waals surface area contributed by atoms with Crippen molar-refractivity contribution in [2.45, 2.75) is 58.4 Å². The molecule has 0 saturated carbocycles. The highest BCUT2D eigenvalue weighted by Crippen LogP contribution is 2.54. The van der Waals surface area contributed by atoms with E-state index >= 15 is 0 Å². The number of nitrogens with zero attached hydrogens (tertiary/aromatic N) is 1. The molecular formula is C26H34N2O6. The molecule has 34 heavy (non-hydrogen) atoms. The summed E-state index contributed by atoms with van der Waals surface area (Å²) in [6, 6.07) is 5.46. The molecule has 1 fully saturated rings. The van der Waals surface area contributed by atoms with Gasteiger partial charge in [-0.25, -0.2) is 0 Å². The number of hydrogen-bond donors (Lipinski definition) is 1. The average Bonchev–Trinajstić information content (AvgIpc) is 2.85. The van der Waals surface area contributed by atoms with Gasteiger partial charge >= 0.3 is 5.97 Å². The van der Waals surface area contributed by atoms with Crippen molar-refractivity contribution >= 4 is 17.8 Å². The Morgan fingerprint density at radius 3 is 2.65 bits per heavy atom. The second-order valence-corrected chi connectivity index (χ2v) is 9.27. The molecule has 0 bridgehead atoms. The van der Waals surface area contributed by atoms with Crippen LogP contribution in [-0.2, 0) is 25.7 Å². The van der Waals surface area contributed by atoms with E-state index < -0.39 is 11.3 Å². The third-order valence-electron chi connectivity index (χ3n) is 7.25. The number of hydrogen-bond acceptors (Lipinski definition) is 6. The molecule has 0 aromatic heterocycles. The first-order chi connectivity index (χ1) is 16.4. The number of allylic oxidation sites excluding steroid dienone is 1. The topological polar surface area (TPSA) is 94.2 Å². The Balaban J connectivity index is 1.50. The van der Waals surface area contributed by atoms with Crippen molar-refractivity contribution in [1.82, 2.24) is 10.2 Å². The summed E-state index contributed by atoms with van der Waals surface area (Å²) < 4.78 is 16.1. The van der Waals surface area contributed by atoms with Gasteiger partial charge in [0.2, 0.25) is 11.8 Å². The van der Waals surface area contributed by atoms with Crippen LogP contribution in [0.15, 0.2) is 29.5 Å². The minimum absolute atomic E-state index is 0.0460. The van der Waals surface area contributed by atoms with Crippen LogP contribution in [0.1, 0.15) is 57.4 Å². The van der Waals surface area contributed by atoms with E-state index in [4.69, 9.17) is 14.2 Å². The van der Waals surface area contributed by atoms with Crippen LogP contribution in [0.2, 0.25) is 0 Å². The zero-order valence-electron chi connectivity index (χ0n) is 20.3. The first-order valence-corrected chi connectivity index (χ1v) is 12.1. The first kappa shape index (κ1) is 24.1. The van der Waals surface area contributed by atoms with E-state index in [9.17, 15) is 14.4 Å². The first-order valence-electron chi connectivity index (χ1n) is 12.1. The molecule has 1 aliphatic carbocycles. The third-order valence-corrected chi connectivity index (χ3v) is 7.25. The maximum Gasteiger partial charge on any atom is 0.318 e. The van der Waals surface area contributed by atoms with Gasteiger partial charge < -0.3 is 24.4 Å². The van der Waals surface area contributed by atoms with E-state index in [-0.39, 0.29) is 24.2 Å². The number of benzene rings is 1. The summed E-state index contributed by atoms with van der Waals surface area (Å²) >= 11 is 0. The highest BCUT2D eigenvalue weighted by atomic mass is 16.5. The second-order valence-electron chi connectivity index (χ2n) is 9.27. The lowest BCUT2D eigenvalue weighted by Crippen LogP contribution is -2.56. The highest BCUT2D eigenvalue weighted by Gasteiger charge is 2.56. The number of esters is 1. The Labute approximate surface area is 200 Å². The monoisotopic (exact) mass is 470 g/mol. The number of carbonyl (C=O) groups excluding carboxylic acids is 3. The van der Waals surface area contributed by atoms with Crippen molar-refractivity contribution in [3.63, 3.8) is 0 Å². The van der Waals surface area contributed by atoms with Crippen LogP contribution in [0.4, 0.5) is 0 Å². The van der Waals surface area contributed by atoms with Crippen molar-refractivity contribution in [3.05, 3.63) is 35.0 Å². The number of nitrogens with one attached hydrogen (secondary N) is 1. The minimum Gasteiger partial charge on any atom is -0.493 e. The Kier molecular flexibility index (Phi) is 7.14. The van der Waals surface area contributed by atoms with Gasteiger partial charge in [-0.1, -0.05) is 6.07 Å². The van der Waals surface area contributed by atoms with Crippen LogP contribution in [-0.4, -0.2) is 50.1 Å². The van der Waals surface area contributed by atoms with Gasteiger partial charge in [0.25, 0.3) is 0 Å². The molecule has 1 aromatic rings. The summed E-state index contributed by atoms with van der Waals surface area (Å²) in [7, 11) is 3.13. The van der Waals surface area contributed by atoms with Gasteiger partial charge in [0.15, 0.2) is 11.5 Å². The van der Waals surface area contributed by atoms with Gasteiger partial charge in [-0.2, -0.15) is 0 Å². The molecular weight excluding hydrogens is 436 g/mol. The van der Waals surface area contributed by atoms with Crippen LogP contribution in [0, 0.1) is 11.3 Å². The van der Waals surface area contributed by atoms with E-state index in [0.717, 1.165) is 36.9 Å². The van der Waals surface area contributed by atoms with Crippen molar-refractivity contribution < 1.29 is 28.6 Å². The molecule has 0 radical (unpaired) electrons. The summed E-state index contributed by atoms with van der Waals surface area (Å²) in [4.78, 5) is 41.3. The van der Waals surface area contributed by atoms with Crippen molar-refractivity contribution in [1.29, 1.82) is 0 Å². The largest absolute Gasteiger partial charge is 0.493 e. The molecule has 8 nitrogen and oxygen atoms in total. The fraction of sp³-hybridized carbons (Fsp3) is 0.577. The molecule has 2 heterocycles. The summed E-state index contributed by atoms with van der Waals surface area (Å²) in [6.07, 6.45) is 4.70. The lowest BCUT2D eigenvalue weighted by molar-refractivity contribution is -0.162. The normalized spacial score (nSPS) is 23.8. The maximum atomic E-state index is 13.4. The lowest BCUT2D eigenvalue weighted by atomic mass is 9.63. The van der Waals surface area contributed by atoms with E-state index in [2.05, 4.69) is 5.32 Å². The van der Waals surface area contributed by atoms with Crippen LogP contribution in [0.3, 0.4) is 0 Å². The van der Waals surface area contributed by atoms with Crippen molar-refractivity contribution in [2.75, 3.05) is 27.4 Å². The van der Waals surface area contributed by atoms with Gasteiger partial charge in [-0.3, -0.25) is 14.4 Å². The fourth-order valence-corrected chi connectivity index (χ4v) is 5.78. The number of amides is 2. The van der Waals surface area contributed by atoms with Crippen LogP contribution < -0.4 is 14.8 Å². The molecule has 4 rings (SSSR count). The third kappa shape index (κ3) is 4.38. The number of rotatable bonds is 8. The molecule has 2 aliphatic heterocycles. The molecule has 2 atom stereocenters. The smallest absolute Gasteiger partial charge is 0.318 e. The van der Waals surface area contributed by atoms with E-state index in [1.807, 2.05) is 12.1 Å². The number of piperidine rings is 1. The zero-order chi connectivity index (χ0) is 24.3. The second kappa shape index (κ2) is 10.1. The number of carbonyl (C=O) groups is 3. The maximum absolute atomic E-state index is 13.4. The number of methoxy groups -OCH3 is 2. The fourth-order valence-electron chi connectivity index (χ4n) is 5.78. The predicted molar refractivity (Wildman–Crippen MR) is 125 cm³/mol. The Morgan fingerprint density at radius 1 is 1.15 bits per heavy atom. The lowest BCUT2D eigenvalue weighted by Gasteiger charge is -2.51. The molecule has 8 heteroatoms. The van der Waals surface area contributed by atoms with E-state index in [1.165, 1.54) is 5.57 Å². The highest BCUT2D eigenvalue weighted by molar-refractivity contribution is 5.92. The predicted octanol–water partition coefficient (Wildman–Crippen LogP) is 3.34. The van der Waals surface area contributed by atoms with E-state index in [1.54, 1.807) is 32.1 Å². The molecule has 184 valence electrons. The van der Waals surface area contributed by atoms with Gasteiger partial charge in [0, 0.05) is 31.1 Å². The minimum atomic E-state index is -0.813. The molecule has 0 unspecified atom stereocenters. The van der Waals surface area contributed by atoms with Crippen LogP contribution in [0.5, 0.6) is 11.5 Å². The summed E-state index contributed by atoms with van der Waals surface area (Å²) in [5.74, 6) is 0.147. The summed E-state index contributed by atoms with van der Waals surface area (Å²) in [6.45, 7) is 3.01. The molecule has 1 N–H and O–H groups in total. The Hall–Kier alpha value is -3.03. The van der Waals surface area contributed by atoms with Gasteiger partial charge in [0.05, 0.1) is 20.8 Å². The van der Waals surface area contributed by atoms with Gasteiger partial charge in [0.1, 0.15) is 5.41 Å². The van der Waals surface area contributed by atoms with Gasteiger partial charge in [-0.15, -0.1) is 0 Å². The summed E-state index contributed by atoms with van der Waals surface area (Å²) in [5, 5.41) is 2.92. The van der Waals surface area contributed by atoms with Crippen molar-refractivity contribution in [2.24, 2.45) is 11.3 Å². The molecule has 2 amide bonds. The van der Waals surface area contributed by atoms with E-state index in [0.29, 0.717) is 44.0 Å². The summed E-state index contributed by atoms with van der Waals surface area (Å²) in [5.41, 5.74) is 2.15. The van der Waals surface area contributed by atoms with Crippen LogP contribution >= 0.6 is 0 Å². The van der Waals surface area contributed by atoms with Crippen molar-refractivity contribution in [3.8, 4) is 11.5 Å². The SMILES string of the molecule is CCOC(=O)[C@]12CCCC3=C1N(CCC3)C(=O)[C@@H](CC(=O)NCc1ccc(OC)c(OC)c1)C2. The van der Waals surface area contributed by atoms with Crippen LogP contribution in [0.25, 0.3) is 0 Å². The van der Waals surface area contributed by atoms with Gasteiger partial charge in [-0.05, 0) is 68.7 Å². The molecule has 3 aliphatic rings. The molecule has 0 spiro atoms. The zero-order valence-corrected chi connectivity index (χ0v) is 20.3. The average molecular weight is 471 g/mol. The molecule has 1 aromatic carbocycles. The molecule has 1 saturated heterocycles.